The van der Waals surface area contributed by atoms with Gasteiger partial charge in [0.2, 0.25) is 0 Å². The summed E-state index contributed by atoms with van der Waals surface area (Å²) in [4.78, 5) is 33.0. The first kappa shape index (κ1) is 9.77. The third kappa shape index (κ3) is 2.57. The highest BCUT2D eigenvalue weighted by Gasteiger charge is 2.60. The molecule has 3 N–H and O–H groups in total. The van der Waals surface area contributed by atoms with Gasteiger partial charge in [0.25, 0.3) is 0 Å². The van der Waals surface area contributed by atoms with E-state index in [0.29, 0.717) is 0 Å². The van der Waals surface area contributed by atoms with Crippen LogP contribution in [0.25, 0.3) is 0 Å². The fraction of sp³-hybridized carbons (Fsp3) is 0.500. The fourth-order valence-electron chi connectivity index (χ4n) is 0.170. The average Bonchev–Trinajstić information content (AvgIpc) is 1.59. The van der Waals surface area contributed by atoms with Gasteiger partial charge in [0.05, 0.1) is 0 Å². The van der Waals surface area contributed by atoms with Crippen molar-refractivity contribution in [3.8, 4) is 0 Å². The van der Waals surface area contributed by atoms with E-state index in [1.54, 1.807) is 0 Å². The molecule has 0 radical (unpaired) electrons. The van der Waals surface area contributed by atoms with Crippen molar-refractivity contribution in [1.82, 2.24) is 0 Å². The van der Waals surface area contributed by atoms with Crippen molar-refractivity contribution in [2.45, 2.75) is 6.18 Å². The largest absolute Gasteiger partial charge is 0.498 e. The highest BCUT2D eigenvalue weighted by atomic mass is 31.2. The van der Waals surface area contributed by atoms with Gasteiger partial charge >= 0.3 is 19.6 Å². The van der Waals surface area contributed by atoms with E-state index in [9.17, 15) is 18.0 Å². The lowest BCUT2D eigenvalue weighted by Gasteiger charge is -2.03. The first-order valence-corrected chi connectivity index (χ1v) is 3.49. The van der Waals surface area contributed by atoms with Crippen LogP contribution >= 0.6 is 7.94 Å². The van der Waals surface area contributed by atoms with Crippen LogP contribution in [0.4, 0.5) is 13.2 Å². The van der Waals surface area contributed by atoms with Crippen LogP contribution in [0.2, 0.25) is 0 Å². The predicted molar refractivity (Wildman–Crippen MR) is 24.6 cm³/mol. The number of carbonyl (C=O) groups is 1. The maximum absolute atomic E-state index is 11.1. The summed E-state index contributed by atoms with van der Waals surface area (Å²) in [7, 11) is -5.39. The summed E-state index contributed by atoms with van der Waals surface area (Å²) in [5.41, 5.74) is -2.90. The zero-order chi connectivity index (χ0) is 8.58. The molecule has 0 fully saturated rings. The number of halogens is 3. The molecule has 0 rings (SSSR count). The molecule has 0 saturated heterocycles. The minimum absolute atomic E-state index is 2.90. The molecule has 0 heterocycles. The highest BCUT2D eigenvalue weighted by Crippen LogP contribution is 2.50. The summed E-state index contributed by atoms with van der Waals surface area (Å²) in [5.74, 6) is 0. The molecule has 4 nitrogen and oxygen atoms in total. The zero-order valence-corrected chi connectivity index (χ0v) is 5.23. The van der Waals surface area contributed by atoms with Crippen molar-refractivity contribution >= 4 is 13.5 Å². The summed E-state index contributed by atoms with van der Waals surface area (Å²) in [6, 6.07) is 0. The van der Waals surface area contributed by atoms with E-state index < -0.39 is 19.6 Å². The molecule has 0 aromatic heterocycles. The number of alkyl halides is 3. The van der Waals surface area contributed by atoms with E-state index in [0.717, 1.165) is 0 Å². The lowest BCUT2D eigenvalue weighted by molar-refractivity contribution is -0.164. The second kappa shape index (κ2) is 2.43. The van der Waals surface area contributed by atoms with Gasteiger partial charge in [-0.25, -0.2) is 4.79 Å². The second-order valence-corrected chi connectivity index (χ2v) is 2.91. The minimum Gasteiger partial charge on any atom is -0.233 e. The van der Waals surface area contributed by atoms with Crippen LogP contribution in [0.5, 0.6) is 0 Å². The predicted octanol–water partition coefficient (Wildman–Crippen LogP) is -0.185. The Bertz CT molecular complexity index is 130. The second-order valence-electron chi connectivity index (χ2n) is 1.37. The Kier molecular flexibility index (Phi) is 2.37. The van der Waals surface area contributed by atoms with E-state index in [1.807, 2.05) is 0 Å². The van der Waals surface area contributed by atoms with E-state index in [-0.39, 0.29) is 0 Å². The van der Waals surface area contributed by atoms with E-state index in [4.69, 9.17) is 14.7 Å². The molecule has 0 aromatic rings. The standard InChI is InChI=1S/C2H3F3O4P/c3-2(4,5)1(6)10(7,8)9/h7-9H/q+1. The molecule has 0 aliphatic carbocycles. The molecule has 0 aliphatic heterocycles. The number of hydrogen-bond donors (Lipinski definition) is 3. The summed E-state index contributed by atoms with van der Waals surface area (Å²) < 4.78 is 33.4. The Labute approximate surface area is 53.5 Å². The van der Waals surface area contributed by atoms with Gasteiger partial charge in [-0.05, 0) is 0 Å². The number of rotatable bonds is 1. The topological polar surface area (TPSA) is 77.8 Å². The van der Waals surface area contributed by atoms with Crippen molar-refractivity contribution in [3.05, 3.63) is 0 Å². The first-order chi connectivity index (χ1) is 4.15. The molecular weight excluding hydrogens is 176 g/mol. The zero-order valence-electron chi connectivity index (χ0n) is 4.33. The molecule has 8 heteroatoms. The van der Waals surface area contributed by atoms with Crippen LogP contribution in [0, 0.1) is 0 Å². The molecule has 0 amide bonds. The Morgan fingerprint density at radius 3 is 1.50 bits per heavy atom. The van der Waals surface area contributed by atoms with Crippen LogP contribution in [-0.2, 0) is 4.79 Å². The molecule has 10 heavy (non-hydrogen) atoms. The normalized spacial score (nSPS) is 13.4. The van der Waals surface area contributed by atoms with Gasteiger partial charge in [-0.1, -0.05) is 0 Å². The van der Waals surface area contributed by atoms with Crippen LogP contribution in [0.1, 0.15) is 0 Å². The molecule has 0 saturated carbocycles. The molecule has 0 aliphatic rings. The maximum atomic E-state index is 11.1. The number of carbonyl (C=O) groups excluding carboxylic acids is 1. The Hall–Kier alpha value is -0.230. The smallest absolute Gasteiger partial charge is 0.233 e. The van der Waals surface area contributed by atoms with E-state index >= 15 is 0 Å². The molecule has 0 atom stereocenters. The SMILES string of the molecule is O=C(C(F)(F)F)[P+](O)(O)O. The first-order valence-electron chi connectivity index (χ1n) is 1.84. The third-order valence-corrected chi connectivity index (χ3v) is 1.31. The third-order valence-electron chi connectivity index (χ3n) is 0.515. The Balaban J connectivity index is 4.40. The number of hydrogen-bond acceptors (Lipinski definition) is 4. The van der Waals surface area contributed by atoms with E-state index in [1.165, 1.54) is 0 Å². The van der Waals surface area contributed by atoms with Gasteiger partial charge in [-0.3, -0.25) is 0 Å². The van der Waals surface area contributed by atoms with Crippen molar-refractivity contribution < 1.29 is 32.6 Å². The highest BCUT2D eigenvalue weighted by molar-refractivity contribution is 7.76. The van der Waals surface area contributed by atoms with Crippen molar-refractivity contribution in [1.29, 1.82) is 0 Å². The van der Waals surface area contributed by atoms with Gasteiger partial charge in [0.1, 0.15) is 0 Å². The Morgan fingerprint density at radius 2 is 1.50 bits per heavy atom. The molecule has 0 aromatic carbocycles. The summed E-state index contributed by atoms with van der Waals surface area (Å²) in [5, 5.41) is 0. The van der Waals surface area contributed by atoms with E-state index in [2.05, 4.69) is 0 Å². The monoisotopic (exact) mass is 179 g/mol. The van der Waals surface area contributed by atoms with Crippen molar-refractivity contribution in [3.63, 3.8) is 0 Å². The molecule has 0 bridgehead atoms. The quantitative estimate of drug-likeness (QED) is 0.487. The van der Waals surface area contributed by atoms with Crippen LogP contribution in [-0.4, -0.2) is 26.4 Å². The van der Waals surface area contributed by atoms with Crippen LogP contribution < -0.4 is 0 Å². The lowest BCUT2D eigenvalue weighted by Crippen LogP contribution is -2.24. The van der Waals surface area contributed by atoms with Gasteiger partial charge in [-0.15, -0.1) is 0 Å². The van der Waals surface area contributed by atoms with Gasteiger partial charge in [0, 0.05) is 0 Å². The lowest BCUT2D eigenvalue weighted by atomic mass is 10.8. The summed E-state index contributed by atoms with van der Waals surface area (Å²) in [6.07, 6.45) is -5.40. The minimum atomic E-state index is -5.40. The molecular formula is C2H3F3O4P+. The molecule has 0 unspecified atom stereocenters. The summed E-state index contributed by atoms with van der Waals surface area (Å²) in [6.45, 7) is 0. The van der Waals surface area contributed by atoms with Crippen LogP contribution in [0.3, 0.4) is 0 Å². The van der Waals surface area contributed by atoms with Crippen molar-refractivity contribution in [2.24, 2.45) is 0 Å². The maximum Gasteiger partial charge on any atom is 0.498 e. The van der Waals surface area contributed by atoms with Gasteiger partial charge in [-0.2, -0.15) is 27.9 Å². The van der Waals surface area contributed by atoms with Crippen LogP contribution in [0.15, 0.2) is 0 Å². The molecule has 0 spiro atoms. The fourth-order valence-corrected chi connectivity index (χ4v) is 0.510. The van der Waals surface area contributed by atoms with Crippen molar-refractivity contribution in [2.75, 3.05) is 0 Å². The molecule has 60 valence electrons. The average molecular weight is 179 g/mol. The van der Waals surface area contributed by atoms with Gasteiger partial charge < -0.3 is 0 Å². The van der Waals surface area contributed by atoms with Gasteiger partial charge in [0.15, 0.2) is 0 Å². The Morgan fingerprint density at radius 1 is 1.20 bits per heavy atom. The summed E-state index contributed by atoms with van der Waals surface area (Å²) >= 11 is 0.